The molecule has 0 saturated heterocycles. The fourth-order valence-corrected chi connectivity index (χ4v) is 3.73. The van der Waals surface area contributed by atoms with Crippen molar-refractivity contribution >= 4 is 16.9 Å². The predicted octanol–water partition coefficient (Wildman–Crippen LogP) is 2.74. The summed E-state index contributed by atoms with van der Waals surface area (Å²) in [4.78, 5) is 19.7. The second kappa shape index (κ2) is 5.76. The molecule has 0 spiro atoms. The number of rotatable bonds is 2. The molecule has 0 radical (unpaired) electrons. The summed E-state index contributed by atoms with van der Waals surface area (Å²) in [5.41, 5.74) is 4.37. The van der Waals surface area contributed by atoms with Gasteiger partial charge in [-0.05, 0) is 42.2 Å². The number of aromatic nitrogens is 2. The van der Waals surface area contributed by atoms with E-state index in [9.17, 15) is 15.0 Å². The molecule has 0 saturated carbocycles. The Morgan fingerprint density at radius 3 is 2.69 bits per heavy atom. The van der Waals surface area contributed by atoms with E-state index in [4.69, 9.17) is 4.98 Å². The van der Waals surface area contributed by atoms with Crippen molar-refractivity contribution in [2.45, 2.75) is 33.4 Å². The average molecular weight is 351 g/mol. The average Bonchev–Trinajstić information content (AvgIpc) is 3.05. The van der Waals surface area contributed by atoms with E-state index in [1.165, 1.54) is 6.07 Å². The highest BCUT2D eigenvalue weighted by atomic mass is 16.3. The standard InChI is InChI=1S/C20H21N3O3/c1-4-12-7-11(2)8-14-17(12)21-20(22(3)19(14)26)23-9-13-5-6-16(24)18(25)15(13)10-23/h5-8,24-25H,4,9-10H2,1-3H3. The van der Waals surface area contributed by atoms with Gasteiger partial charge in [-0.1, -0.05) is 19.1 Å². The summed E-state index contributed by atoms with van der Waals surface area (Å²) in [5.74, 6) is 0.339. The summed E-state index contributed by atoms with van der Waals surface area (Å²) in [5, 5.41) is 20.5. The molecule has 2 heterocycles. The van der Waals surface area contributed by atoms with Crippen LogP contribution in [0.5, 0.6) is 11.5 Å². The Kier molecular flexibility index (Phi) is 3.64. The minimum Gasteiger partial charge on any atom is -0.504 e. The van der Waals surface area contributed by atoms with E-state index in [0.29, 0.717) is 30.0 Å². The van der Waals surface area contributed by atoms with Gasteiger partial charge in [0.25, 0.3) is 5.56 Å². The third kappa shape index (κ3) is 2.33. The van der Waals surface area contributed by atoms with Gasteiger partial charge in [-0.25, -0.2) is 4.98 Å². The van der Waals surface area contributed by atoms with Gasteiger partial charge >= 0.3 is 0 Å². The number of aryl methyl sites for hydroxylation is 2. The number of hydrogen-bond donors (Lipinski definition) is 2. The van der Waals surface area contributed by atoms with Crippen LogP contribution in [0.15, 0.2) is 29.1 Å². The lowest BCUT2D eigenvalue weighted by Gasteiger charge is -2.20. The first-order valence-electron chi connectivity index (χ1n) is 8.68. The molecule has 134 valence electrons. The van der Waals surface area contributed by atoms with E-state index >= 15 is 0 Å². The summed E-state index contributed by atoms with van der Waals surface area (Å²) in [6.07, 6.45) is 0.798. The molecule has 3 aromatic rings. The van der Waals surface area contributed by atoms with E-state index in [0.717, 1.165) is 28.6 Å². The van der Waals surface area contributed by atoms with Crippen LogP contribution in [0.2, 0.25) is 0 Å². The Morgan fingerprint density at radius 1 is 1.19 bits per heavy atom. The topological polar surface area (TPSA) is 78.6 Å². The fraction of sp³-hybridized carbons (Fsp3) is 0.300. The number of fused-ring (bicyclic) bond motifs is 2. The third-order valence-corrected chi connectivity index (χ3v) is 5.11. The largest absolute Gasteiger partial charge is 0.504 e. The molecule has 0 bridgehead atoms. The quantitative estimate of drug-likeness (QED) is 0.694. The maximum Gasteiger partial charge on any atom is 0.262 e. The number of phenols is 2. The van der Waals surface area contributed by atoms with Gasteiger partial charge in [-0.2, -0.15) is 0 Å². The second-order valence-corrected chi connectivity index (χ2v) is 6.88. The van der Waals surface area contributed by atoms with Crippen LogP contribution in [0, 0.1) is 6.92 Å². The summed E-state index contributed by atoms with van der Waals surface area (Å²) in [7, 11) is 1.72. The second-order valence-electron chi connectivity index (χ2n) is 6.88. The monoisotopic (exact) mass is 351 g/mol. The fourth-order valence-electron chi connectivity index (χ4n) is 3.73. The molecule has 6 heteroatoms. The lowest BCUT2D eigenvalue weighted by atomic mass is 10.0. The van der Waals surface area contributed by atoms with Crippen LogP contribution in [-0.4, -0.2) is 19.8 Å². The highest BCUT2D eigenvalue weighted by molar-refractivity contribution is 5.83. The van der Waals surface area contributed by atoms with Crippen LogP contribution in [-0.2, 0) is 26.6 Å². The SMILES string of the molecule is CCc1cc(C)cc2c(=O)n(C)c(N3Cc4ccc(O)c(O)c4C3)nc12. The minimum atomic E-state index is -0.130. The molecule has 1 aliphatic rings. The van der Waals surface area contributed by atoms with Gasteiger partial charge in [0.15, 0.2) is 11.5 Å². The van der Waals surface area contributed by atoms with Crippen molar-refractivity contribution < 1.29 is 10.2 Å². The Bertz CT molecular complexity index is 1100. The zero-order valence-corrected chi connectivity index (χ0v) is 15.1. The Balaban J connectivity index is 1.88. The Labute approximate surface area is 151 Å². The van der Waals surface area contributed by atoms with E-state index in [-0.39, 0.29) is 17.1 Å². The summed E-state index contributed by atoms with van der Waals surface area (Å²) >= 11 is 0. The number of nitrogens with zero attached hydrogens (tertiary/aromatic N) is 3. The van der Waals surface area contributed by atoms with Crippen molar-refractivity contribution in [1.29, 1.82) is 0 Å². The molecule has 0 unspecified atom stereocenters. The summed E-state index contributed by atoms with van der Waals surface area (Å²) in [6, 6.07) is 7.24. The molecule has 1 aliphatic heterocycles. The summed E-state index contributed by atoms with van der Waals surface area (Å²) in [6.45, 7) is 4.97. The minimum absolute atomic E-state index is 0.0774. The highest BCUT2D eigenvalue weighted by Crippen LogP contribution is 2.38. The third-order valence-electron chi connectivity index (χ3n) is 5.11. The van der Waals surface area contributed by atoms with Crippen LogP contribution < -0.4 is 10.5 Å². The molecule has 2 aromatic carbocycles. The highest BCUT2D eigenvalue weighted by Gasteiger charge is 2.27. The smallest absolute Gasteiger partial charge is 0.262 e. The predicted molar refractivity (Wildman–Crippen MR) is 101 cm³/mol. The van der Waals surface area contributed by atoms with E-state index in [1.54, 1.807) is 17.7 Å². The maximum atomic E-state index is 12.9. The number of hydrogen-bond acceptors (Lipinski definition) is 5. The van der Waals surface area contributed by atoms with Gasteiger partial charge in [0.2, 0.25) is 5.95 Å². The van der Waals surface area contributed by atoms with Crippen molar-refractivity contribution in [2.24, 2.45) is 7.05 Å². The van der Waals surface area contributed by atoms with E-state index in [1.807, 2.05) is 17.9 Å². The molecule has 0 amide bonds. The molecule has 4 rings (SSSR count). The van der Waals surface area contributed by atoms with Gasteiger partial charge in [-0.15, -0.1) is 0 Å². The zero-order valence-electron chi connectivity index (χ0n) is 15.1. The lowest BCUT2D eigenvalue weighted by Crippen LogP contribution is -2.28. The van der Waals surface area contributed by atoms with Crippen molar-refractivity contribution in [1.82, 2.24) is 9.55 Å². The Morgan fingerprint density at radius 2 is 1.96 bits per heavy atom. The normalized spacial score (nSPS) is 13.4. The first kappa shape index (κ1) is 16.4. The maximum absolute atomic E-state index is 12.9. The van der Waals surface area contributed by atoms with Crippen LogP contribution in [0.25, 0.3) is 10.9 Å². The van der Waals surface area contributed by atoms with Crippen molar-refractivity contribution in [3.63, 3.8) is 0 Å². The number of anilines is 1. The van der Waals surface area contributed by atoms with Gasteiger partial charge < -0.3 is 15.1 Å². The molecular formula is C20H21N3O3. The number of phenolic OH excluding ortho intramolecular Hbond substituents is 2. The van der Waals surface area contributed by atoms with Crippen LogP contribution in [0.4, 0.5) is 5.95 Å². The van der Waals surface area contributed by atoms with Crippen molar-refractivity contribution in [3.05, 3.63) is 56.9 Å². The molecule has 2 N–H and O–H groups in total. The van der Waals surface area contributed by atoms with Crippen LogP contribution in [0.3, 0.4) is 0 Å². The zero-order chi connectivity index (χ0) is 18.6. The van der Waals surface area contributed by atoms with Gasteiger partial charge in [0, 0.05) is 19.2 Å². The number of benzene rings is 2. The van der Waals surface area contributed by atoms with E-state index in [2.05, 4.69) is 13.0 Å². The molecule has 0 atom stereocenters. The molecule has 26 heavy (non-hydrogen) atoms. The molecule has 0 aliphatic carbocycles. The van der Waals surface area contributed by atoms with Crippen LogP contribution in [0.1, 0.15) is 29.2 Å². The molecule has 6 nitrogen and oxygen atoms in total. The lowest BCUT2D eigenvalue weighted by molar-refractivity contribution is 0.400. The van der Waals surface area contributed by atoms with Gasteiger partial charge in [0.05, 0.1) is 17.4 Å². The first-order valence-corrected chi connectivity index (χ1v) is 8.68. The molecular weight excluding hydrogens is 330 g/mol. The van der Waals surface area contributed by atoms with Crippen molar-refractivity contribution in [2.75, 3.05) is 4.90 Å². The summed E-state index contributed by atoms with van der Waals surface area (Å²) < 4.78 is 1.56. The first-order chi connectivity index (χ1) is 12.4. The van der Waals surface area contributed by atoms with Gasteiger partial charge in [-0.3, -0.25) is 9.36 Å². The van der Waals surface area contributed by atoms with Crippen LogP contribution >= 0.6 is 0 Å². The Hall–Kier alpha value is -3.02. The van der Waals surface area contributed by atoms with Gasteiger partial charge in [0.1, 0.15) is 0 Å². The van der Waals surface area contributed by atoms with E-state index < -0.39 is 0 Å². The molecule has 1 aromatic heterocycles. The van der Waals surface area contributed by atoms with Crippen molar-refractivity contribution in [3.8, 4) is 11.5 Å². The number of aromatic hydroxyl groups is 2. The molecule has 0 fully saturated rings.